The molecule has 0 bridgehead atoms. The predicted octanol–water partition coefficient (Wildman–Crippen LogP) is 1.43. The summed E-state index contributed by atoms with van der Waals surface area (Å²) in [6.07, 6.45) is 1.35. The Morgan fingerprint density at radius 3 is 2.74 bits per heavy atom. The van der Waals surface area contributed by atoms with Gasteiger partial charge in [-0.05, 0) is 18.4 Å². The van der Waals surface area contributed by atoms with Crippen LogP contribution in [0.2, 0.25) is 0 Å². The first-order valence-corrected chi connectivity index (χ1v) is 6.71. The first-order valence-electron chi connectivity index (χ1n) is 6.71. The van der Waals surface area contributed by atoms with E-state index < -0.39 is 6.10 Å². The van der Waals surface area contributed by atoms with Crippen LogP contribution < -0.4 is 0 Å². The summed E-state index contributed by atoms with van der Waals surface area (Å²) in [4.78, 5) is 13.3. The highest BCUT2D eigenvalue weighted by molar-refractivity contribution is 5.80. The Bertz CT molecular complexity index is 403. The molecule has 1 aliphatic carbocycles. The second-order valence-electron chi connectivity index (χ2n) is 5.15. The lowest BCUT2D eigenvalue weighted by Crippen LogP contribution is -2.37. The molecule has 0 spiro atoms. The van der Waals surface area contributed by atoms with Crippen LogP contribution >= 0.6 is 0 Å². The van der Waals surface area contributed by atoms with Crippen LogP contribution in [0, 0.1) is 5.92 Å². The summed E-state index contributed by atoms with van der Waals surface area (Å²) in [5.74, 6) is 0.338. The molecule has 1 aromatic carbocycles. The zero-order valence-corrected chi connectivity index (χ0v) is 11.3. The number of carbonyl (C=O) groups excluding carboxylic acids is 1. The number of aliphatic hydroxyl groups is 1. The third kappa shape index (κ3) is 4.65. The number of rotatable bonds is 7. The number of hydrogen-bond acceptors (Lipinski definition) is 3. The van der Waals surface area contributed by atoms with Gasteiger partial charge in [0.1, 0.15) is 0 Å². The highest BCUT2D eigenvalue weighted by Crippen LogP contribution is 2.30. The third-order valence-corrected chi connectivity index (χ3v) is 3.21. The molecule has 1 fully saturated rings. The van der Waals surface area contributed by atoms with Crippen LogP contribution in [0.4, 0.5) is 0 Å². The zero-order chi connectivity index (χ0) is 13.7. The summed E-state index contributed by atoms with van der Waals surface area (Å²) < 4.78 is 5.45. The molecule has 0 aromatic heterocycles. The second-order valence-corrected chi connectivity index (χ2v) is 5.15. The Kier molecular flexibility index (Phi) is 4.93. The highest BCUT2D eigenvalue weighted by Gasteiger charge is 2.32. The van der Waals surface area contributed by atoms with Gasteiger partial charge >= 0.3 is 0 Å². The molecule has 1 atom stereocenters. The van der Waals surface area contributed by atoms with Gasteiger partial charge < -0.3 is 14.7 Å². The molecule has 0 aliphatic heterocycles. The molecule has 19 heavy (non-hydrogen) atoms. The van der Waals surface area contributed by atoms with Crippen molar-refractivity contribution in [2.75, 3.05) is 20.2 Å². The van der Waals surface area contributed by atoms with Crippen LogP contribution in [-0.2, 0) is 16.1 Å². The van der Waals surface area contributed by atoms with Gasteiger partial charge in [-0.25, -0.2) is 0 Å². The zero-order valence-electron chi connectivity index (χ0n) is 11.3. The van der Waals surface area contributed by atoms with Crippen molar-refractivity contribution in [3.8, 4) is 0 Å². The first-order chi connectivity index (χ1) is 9.16. The quantitative estimate of drug-likeness (QED) is 0.809. The number of nitrogens with zero attached hydrogens (tertiary/aromatic N) is 1. The normalized spacial score (nSPS) is 16.1. The van der Waals surface area contributed by atoms with Crippen molar-refractivity contribution in [2.45, 2.75) is 25.6 Å². The molecule has 1 amide bonds. The number of ether oxygens (including phenoxy) is 1. The maximum atomic E-state index is 11.7. The molecule has 0 radical (unpaired) electrons. The number of carbonyl (C=O) groups is 1. The van der Waals surface area contributed by atoms with E-state index in [0.717, 1.165) is 18.4 Å². The molecule has 1 aliphatic rings. The Labute approximate surface area is 114 Å². The Morgan fingerprint density at radius 2 is 2.11 bits per heavy atom. The summed E-state index contributed by atoms with van der Waals surface area (Å²) in [5, 5.41) is 9.83. The van der Waals surface area contributed by atoms with Gasteiger partial charge in [0.2, 0.25) is 5.91 Å². The molecular weight excluding hydrogens is 242 g/mol. The Morgan fingerprint density at radius 1 is 1.42 bits per heavy atom. The van der Waals surface area contributed by atoms with E-state index in [2.05, 4.69) is 0 Å². The minimum absolute atomic E-state index is 0.141. The van der Waals surface area contributed by atoms with Crippen molar-refractivity contribution < 1.29 is 14.6 Å². The van der Waals surface area contributed by atoms with E-state index in [0.29, 0.717) is 13.2 Å². The first kappa shape index (κ1) is 14.0. The van der Waals surface area contributed by atoms with Gasteiger partial charge in [0.15, 0.2) is 0 Å². The minimum atomic E-state index is -0.628. The molecule has 1 aromatic rings. The lowest BCUT2D eigenvalue weighted by atomic mass is 10.2. The summed E-state index contributed by atoms with van der Waals surface area (Å²) in [5.41, 5.74) is 1.08. The molecule has 1 unspecified atom stereocenters. The van der Waals surface area contributed by atoms with Crippen LogP contribution in [0.15, 0.2) is 30.3 Å². The van der Waals surface area contributed by atoms with Crippen molar-refractivity contribution >= 4 is 5.91 Å². The standard InChI is InChI=1S/C15H21NO3/c1-16(15(18)13-7-8-13)9-14(17)11-19-10-12-5-3-2-4-6-12/h2-6,13-14,17H,7-11H2,1H3. The van der Waals surface area contributed by atoms with E-state index >= 15 is 0 Å². The van der Waals surface area contributed by atoms with Gasteiger partial charge in [-0.15, -0.1) is 0 Å². The van der Waals surface area contributed by atoms with Gasteiger partial charge in [0.25, 0.3) is 0 Å². The Balaban J connectivity index is 1.64. The van der Waals surface area contributed by atoms with Crippen LogP contribution in [0.3, 0.4) is 0 Å². The minimum Gasteiger partial charge on any atom is -0.389 e. The van der Waals surface area contributed by atoms with Crippen LogP contribution in [0.5, 0.6) is 0 Å². The average Bonchev–Trinajstić information content (AvgIpc) is 3.23. The molecule has 4 nitrogen and oxygen atoms in total. The summed E-state index contributed by atoms with van der Waals surface area (Å²) in [6, 6.07) is 9.83. The predicted molar refractivity (Wildman–Crippen MR) is 72.5 cm³/mol. The van der Waals surface area contributed by atoms with E-state index in [1.54, 1.807) is 11.9 Å². The number of likely N-dealkylation sites (N-methyl/N-ethyl adjacent to an activating group) is 1. The lowest BCUT2D eigenvalue weighted by Gasteiger charge is -2.20. The van der Waals surface area contributed by atoms with Crippen molar-refractivity contribution in [3.05, 3.63) is 35.9 Å². The summed E-state index contributed by atoms with van der Waals surface area (Å²) >= 11 is 0. The van der Waals surface area contributed by atoms with Crippen LogP contribution in [-0.4, -0.2) is 42.2 Å². The molecule has 0 saturated heterocycles. The van der Waals surface area contributed by atoms with Crippen molar-refractivity contribution in [1.29, 1.82) is 0 Å². The van der Waals surface area contributed by atoms with E-state index in [-0.39, 0.29) is 18.4 Å². The fourth-order valence-corrected chi connectivity index (χ4v) is 1.99. The van der Waals surface area contributed by atoms with E-state index in [9.17, 15) is 9.90 Å². The maximum absolute atomic E-state index is 11.7. The van der Waals surface area contributed by atoms with Gasteiger partial charge in [-0.2, -0.15) is 0 Å². The van der Waals surface area contributed by atoms with Gasteiger partial charge in [-0.1, -0.05) is 30.3 Å². The number of hydrogen-bond donors (Lipinski definition) is 1. The monoisotopic (exact) mass is 263 g/mol. The van der Waals surface area contributed by atoms with Crippen molar-refractivity contribution in [2.24, 2.45) is 5.92 Å². The molecule has 0 heterocycles. The number of aliphatic hydroxyl groups excluding tert-OH is 1. The van der Waals surface area contributed by atoms with Crippen LogP contribution in [0.1, 0.15) is 18.4 Å². The highest BCUT2D eigenvalue weighted by atomic mass is 16.5. The van der Waals surface area contributed by atoms with E-state index in [1.807, 2.05) is 30.3 Å². The SMILES string of the molecule is CN(CC(O)COCc1ccccc1)C(=O)C1CC1. The third-order valence-electron chi connectivity index (χ3n) is 3.21. The molecule has 1 saturated carbocycles. The maximum Gasteiger partial charge on any atom is 0.225 e. The molecular formula is C15H21NO3. The smallest absolute Gasteiger partial charge is 0.225 e. The summed E-state index contributed by atoms with van der Waals surface area (Å²) in [7, 11) is 1.74. The lowest BCUT2D eigenvalue weighted by molar-refractivity contribution is -0.133. The topological polar surface area (TPSA) is 49.8 Å². The van der Waals surface area contributed by atoms with Crippen molar-refractivity contribution in [1.82, 2.24) is 4.90 Å². The Hall–Kier alpha value is -1.39. The van der Waals surface area contributed by atoms with Gasteiger partial charge in [0.05, 0.1) is 19.3 Å². The van der Waals surface area contributed by atoms with Crippen LogP contribution in [0.25, 0.3) is 0 Å². The molecule has 1 N–H and O–H groups in total. The fourth-order valence-electron chi connectivity index (χ4n) is 1.99. The largest absolute Gasteiger partial charge is 0.389 e. The average molecular weight is 263 g/mol. The van der Waals surface area contributed by atoms with Crippen molar-refractivity contribution in [3.63, 3.8) is 0 Å². The van der Waals surface area contributed by atoms with Gasteiger partial charge in [-0.3, -0.25) is 4.79 Å². The molecule has 2 rings (SSSR count). The molecule has 104 valence electrons. The molecule has 4 heteroatoms. The van der Waals surface area contributed by atoms with E-state index in [4.69, 9.17) is 4.74 Å². The van der Waals surface area contributed by atoms with Gasteiger partial charge in [0, 0.05) is 19.5 Å². The number of benzene rings is 1. The fraction of sp³-hybridized carbons (Fsp3) is 0.533. The van der Waals surface area contributed by atoms with E-state index in [1.165, 1.54) is 0 Å². The second kappa shape index (κ2) is 6.68. The number of amides is 1. The summed E-state index contributed by atoms with van der Waals surface area (Å²) in [6.45, 7) is 1.07.